The van der Waals surface area contributed by atoms with E-state index in [0.29, 0.717) is 25.5 Å². The molecular formula is C15H23F2NO3. The van der Waals surface area contributed by atoms with Crippen molar-refractivity contribution in [1.29, 1.82) is 0 Å². The van der Waals surface area contributed by atoms with Crippen molar-refractivity contribution in [3.63, 3.8) is 0 Å². The largest absolute Gasteiger partial charge is 0.490 e. The molecule has 4 nitrogen and oxygen atoms in total. The number of hydrogen-bond donors (Lipinski definition) is 1. The van der Waals surface area contributed by atoms with Gasteiger partial charge in [0, 0.05) is 13.1 Å². The minimum atomic E-state index is -2.86. The summed E-state index contributed by atoms with van der Waals surface area (Å²) >= 11 is 0. The lowest BCUT2D eigenvalue weighted by Crippen LogP contribution is -2.21. The molecule has 0 spiro atoms. The van der Waals surface area contributed by atoms with Crippen molar-refractivity contribution in [1.82, 2.24) is 5.32 Å². The second-order valence-electron chi connectivity index (χ2n) is 4.69. The lowest BCUT2D eigenvalue weighted by Gasteiger charge is -2.13. The maximum Gasteiger partial charge on any atom is 0.387 e. The number of alkyl halides is 2. The van der Waals surface area contributed by atoms with E-state index in [0.717, 1.165) is 12.1 Å². The number of ether oxygens (including phenoxy) is 3. The van der Waals surface area contributed by atoms with E-state index in [-0.39, 0.29) is 11.9 Å². The van der Waals surface area contributed by atoms with Crippen LogP contribution in [0.3, 0.4) is 0 Å². The number of rotatable bonds is 10. The number of hydrogen-bond acceptors (Lipinski definition) is 4. The first-order valence-corrected chi connectivity index (χ1v) is 7.05. The van der Waals surface area contributed by atoms with Crippen molar-refractivity contribution in [2.75, 3.05) is 19.8 Å². The molecule has 0 saturated carbocycles. The van der Waals surface area contributed by atoms with Gasteiger partial charge in [-0.3, -0.25) is 0 Å². The Balaban J connectivity index is 2.53. The maximum atomic E-state index is 12.3. The topological polar surface area (TPSA) is 39.7 Å². The highest BCUT2D eigenvalue weighted by Crippen LogP contribution is 2.29. The summed E-state index contributed by atoms with van der Waals surface area (Å²) in [5, 5.41) is 3.22. The Hall–Kier alpha value is -1.40. The molecule has 1 N–H and O–H groups in total. The second-order valence-corrected chi connectivity index (χ2v) is 4.69. The van der Waals surface area contributed by atoms with Gasteiger partial charge in [-0.05, 0) is 38.5 Å². The number of halogens is 2. The van der Waals surface area contributed by atoms with Crippen LogP contribution in [0.15, 0.2) is 18.2 Å². The van der Waals surface area contributed by atoms with Crippen LogP contribution in [-0.4, -0.2) is 32.5 Å². The monoisotopic (exact) mass is 303 g/mol. The average molecular weight is 303 g/mol. The fraction of sp³-hybridized carbons (Fsp3) is 0.600. The lowest BCUT2D eigenvalue weighted by molar-refractivity contribution is -0.0514. The zero-order valence-corrected chi connectivity index (χ0v) is 12.7. The molecule has 0 amide bonds. The molecule has 0 aliphatic rings. The highest BCUT2D eigenvalue weighted by molar-refractivity contribution is 5.43. The Labute approximate surface area is 124 Å². The zero-order valence-electron chi connectivity index (χ0n) is 12.7. The first-order chi connectivity index (χ1) is 10.0. The van der Waals surface area contributed by atoms with E-state index >= 15 is 0 Å². The van der Waals surface area contributed by atoms with Gasteiger partial charge in [0.1, 0.15) is 0 Å². The van der Waals surface area contributed by atoms with Gasteiger partial charge in [0.05, 0.1) is 19.3 Å². The Kier molecular flexibility index (Phi) is 8.00. The summed E-state index contributed by atoms with van der Waals surface area (Å²) in [7, 11) is 0. The molecule has 6 heteroatoms. The molecule has 0 heterocycles. The molecule has 0 atom stereocenters. The molecule has 120 valence electrons. The van der Waals surface area contributed by atoms with E-state index in [1.54, 1.807) is 19.1 Å². The van der Waals surface area contributed by atoms with E-state index in [9.17, 15) is 8.78 Å². The van der Waals surface area contributed by atoms with Crippen LogP contribution < -0.4 is 14.8 Å². The molecule has 0 fully saturated rings. The summed E-state index contributed by atoms with van der Waals surface area (Å²) in [4.78, 5) is 0. The van der Waals surface area contributed by atoms with Gasteiger partial charge in [-0.1, -0.05) is 6.07 Å². The van der Waals surface area contributed by atoms with Crippen LogP contribution in [-0.2, 0) is 11.3 Å². The van der Waals surface area contributed by atoms with Crippen LogP contribution in [0.4, 0.5) is 8.78 Å². The summed E-state index contributed by atoms with van der Waals surface area (Å²) in [5.41, 5.74) is 0.935. The molecule has 0 aliphatic carbocycles. The normalized spacial score (nSPS) is 11.2. The third-order valence-electron chi connectivity index (χ3n) is 2.58. The van der Waals surface area contributed by atoms with Crippen molar-refractivity contribution >= 4 is 0 Å². The first kappa shape index (κ1) is 17.7. The molecule has 0 bridgehead atoms. The van der Waals surface area contributed by atoms with Crippen molar-refractivity contribution in [2.24, 2.45) is 0 Å². The SMILES string of the molecule is CCOc1cc(CNCCOC(C)C)ccc1OC(F)F. The van der Waals surface area contributed by atoms with Gasteiger partial charge in [0.2, 0.25) is 0 Å². The van der Waals surface area contributed by atoms with Crippen LogP contribution in [0.2, 0.25) is 0 Å². The van der Waals surface area contributed by atoms with Crippen LogP contribution in [0.5, 0.6) is 11.5 Å². The van der Waals surface area contributed by atoms with Gasteiger partial charge >= 0.3 is 6.61 Å². The van der Waals surface area contributed by atoms with E-state index < -0.39 is 6.61 Å². The summed E-state index contributed by atoms with van der Waals surface area (Å²) in [5.74, 6) is 0.384. The van der Waals surface area contributed by atoms with Gasteiger partial charge < -0.3 is 19.5 Å². The third-order valence-corrected chi connectivity index (χ3v) is 2.58. The van der Waals surface area contributed by atoms with Gasteiger partial charge in [-0.15, -0.1) is 0 Å². The molecule has 0 aliphatic heterocycles. The summed E-state index contributed by atoms with van der Waals surface area (Å²) < 4.78 is 39.7. The molecule has 0 aromatic heterocycles. The predicted molar refractivity (Wildman–Crippen MR) is 77.0 cm³/mol. The second kappa shape index (κ2) is 9.52. The molecule has 1 rings (SSSR count). The van der Waals surface area contributed by atoms with Gasteiger partial charge in [0.25, 0.3) is 0 Å². The molecule has 1 aromatic carbocycles. The highest BCUT2D eigenvalue weighted by Gasteiger charge is 2.11. The molecular weight excluding hydrogens is 280 g/mol. The molecule has 0 saturated heterocycles. The molecule has 21 heavy (non-hydrogen) atoms. The standard InChI is InChI=1S/C15H23F2NO3/c1-4-19-14-9-12(5-6-13(14)21-15(16)17)10-18-7-8-20-11(2)3/h5-6,9,11,15,18H,4,7-8,10H2,1-3H3. The van der Waals surface area contributed by atoms with E-state index in [1.165, 1.54) is 6.07 Å². The van der Waals surface area contributed by atoms with Crippen molar-refractivity contribution in [2.45, 2.75) is 40.0 Å². The minimum Gasteiger partial charge on any atom is -0.490 e. The van der Waals surface area contributed by atoms with Crippen LogP contribution in [0, 0.1) is 0 Å². The molecule has 0 radical (unpaired) electrons. The average Bonchev–Trinajstić information content (AvgIpc) is 2.40. The summed E-state index contributed by atoms with van der Waals surface area (Å²) in [6, 6.07) is 4.94. The van der Waals surface area contributed by atoms with E-state index in [4.69, 9.17) is 9.47 Å². The van der Waals surface area contributed by atoms with Crippen molar-refractivity contribution in [3.05, 3.63) is 23.8 Å². The third kappa shape index (κ3) is 7.24. The van der Waals surface area contributed by atoms with E-state index in [2.05, 4.69) is 10.1 Å². The van der Waals surface area contributed by atoms with Gasteiger partial charge in [-0.25, -0.2) is 0 Å². The van der Waals surface area contributed by atoms with E-state index in [1.807, 2.05) is 13.8 Å². The fourth-order valence-corrected chi connectivity index (χ4v) is 1.72. The zero-order chi connectivity index (χ0) is 15.7. The summed E-state index contributed by atoms with van der Waals surface area (Å²) in [6.45, 7) is 5.24. The quantitative estimate of drug-likeness (QED) is 0.674. The smallest absolute Gasteiger partial charge is 0.387 e. The van der Waals surface area contributed by atoms with Gasteiger partial charge in [-0.2, -0.15) is 8.78 Å². The first-order valence-electron chi connectivity index (χ1n) is 7.05. The van der Waals surface area contributed by atoms with Crippen molar-refractivity contribution in [3.8, 4) is 11.5 Å². The molecule has 1 aromatic rings. The lowest BCUT2D eigenvalue weighted by atomic mass is 10.2. The fourth-order valence-electron chi connectivity index (χ4n) is 1.72. The van der Waals surface area contributed by atoms with Gasteiger partial charge in [0.15, 0.2) is 11.5 Å². The van der Waals surface area contributed by atoms with Crippen molar-refractivity contribution < 1.29 is 23.0 Å². The number of nitrogens with one attached hydrogen (secondary N) is 1. The summed E-state index contributed by atoms with van der Waals surface area (Å²) in [6.07, 6.45) is 0.210. The Morgan fingerprint density at radius 3 is 2.57 bits per heavy atom. The number of benzene rings is 1. The minimum absolute atomic E-state index is 0.0544. The Morgan fingerprint density at radius 1 is 1.19 bits per heavy atom. The highest BCUT2D eigenvalue weighted by atomic mass is 19.3. The predicted octanol–water partition coefficient (Wildman–Crippen LogP) is 3.20. The van der Waals surface area contributed by atoms with Crippen LogP contribution in [0.1, 0.15) is 26.3 Å². The molecule has 0 unspecified atom stereocenters. The van der Waals surface area contributed by atoms with Crippen LogP contribution >= 0.6 is 0 Å². The Bertz CT molecular complexity index is 414. The maximum absolute atomic E-state index is 12.3. The van der Waals surface area contributed by atoms with Crippen LogP contribution in [0.25, 0.3) is 0 Å². The Morgan fingerprint density at radius 2 is 1.95 bits per heavy atom.